The third-order valence-electron chi connectivity index (χ3n) is 3.63. The first-order valence-electron chi connectivity index (χ1n) is 6.58. The topological polar surface area (TPSA) is 42.7 Å². The third kappa shape index (κ3) is 1.71. The number of hydrogen-bond acceptors (Lipinski definition) is 4. The number of imidazole rings is 1. The summed E-state index contributed by atoms with van der Waals surface area (Å²) in [5, 5.41) is 0. The zero-order chi connectivity index (χ0) is 13.5. The van der Waals surface area contributed by atoms with E-state index in [-0.39, 0.29) is 0 Å². The lowest BCUT2D eigenvalue weighted by atomic mass is 10.1. The summed E-state index contributed by atoms with van der Waals surface area (Å²) < 4.78 is 7.71. The van der Waals surface area contributed by atoms with Gasteiger partial charge in [0.25, 0.3) is 0 Å². The van der Waals surface area contributed by atoms with E-state index in [9.17, 15) is 0 Å². The fraction of sp³-hybridized carbons (Fsp3) is 0.200. The van der Waals surface area contributed by atoms with E-state index in [0.29, 0.717) is 0 Å². The Hall–Kier alpha value is -2.56. The fourth-order valence-corrected chi connectivity index (χ4v) is 2.49. The van der Waals surface area contributed by atoms with Gasteiger partial charge in [-0.25, -0.2) is 4.98 Å². The number of aromatic nitrogens is 3. The number of hydrogen-bond donors (Lipinski definition) is 0. The van der Waals surface area contributed by atoms with E-state index in [1.165, 1.54) is 0 Å². The van der Waals surface area contributed by atoms with E-state index >= 15 is 0 Å². The average molecular weight is 266 g/mol. The predicted octanol–water partition coefficient (Wildman–Crippen LogP) is 2.22. The van der Waals surface area contributed by atoms with Gasteiger partial charge in [0, 0.05) is 31.2 Å². The van der Waals surface area contributed by atoms with Crippen molar-refractivity contribution in [3.63, 3.8) is 0 Å². The summed E-state index contributed by atoms with van der Waals surface area (Å²) in [7, 11) is 2.08. The highest BCUT2D eigenvalue weighted by Crippen LogP contribution is 2.34. The van der Waals surface area contributed by atoms with Gasteiger partial charge >= 0.3 is 0 Å². The summed E-state index contributed by atoms with van der Waals surface area (Å²) in [5.74, 6) is 0.920. The molecule has 3 heterocycles. The molecule has 20 heavy (non-hydrogen) atoms. The Labute approximate surface area is 116 Å². The van der Waals surface area contributed by atoms with Gasteiger partial charge in [0.05, 0.1) is 24.1 Å². The Bertz CT molecular complexity index is 780. The molecule has 0 bridgehead atoms. The van der Waals surface area contributed by atoms with Crippen molar-refractivity contribution in [2.45, 2.75) is 0 Å². The van der Waals surface area contributed by atoms with Gasteiger partial charge in [0.2, 0.25) is 0 Å². The highest BCUT2D eigenvalue weighted by Gasteiger charge is 2.15. The second-order valence-electron chi connectivity index (χ2n) is 4.92. The zero-order valence-corrected chi connectivity index (χ0v) is 11.2. The Morgan fingerprint density at radius 3 is 3.15 bits per heavy atom. The van der Waals surface area contributed by atoms with Crippen LogP contribution in [0.1, 0.15) is 0 Å². The van der Waals surface area contributed by atoms with Crippen LogP contribution in [0.5, 0.6) is 5.75 Å². The predicted molar refractivity (Wildman–Crippen MR) is 77.2 cm³/mol. The maximum Gasteiger partial charge on any atom is 0.155 e. The largest absolute Gasteiger partial charge is 0.490 e. The van der Waals surface area contributed by atoms with E-state index < -0.39 is 0 Å². The maximum atomic E-state index is 5.74. The molecule has 0 aliphatic carbocycles. The SMILES string of the molecule is CN1CCOc2cc(-c3cn4ccnc4cn3)ccc21. The van der Waals surface area contributed by atoms with Gasteiger partial charge in [-0.15, -0.1) is 0 Å². The van der Waals surface area contributed by atoms with E-state index in [1.54, 1.807) is 12.4 Å². The zero-order valence-electron chi connectivity index (χ0n) is 11.2. The standard InChI is InChI=1S/C15H14N4O/c1-18-6-7-20-14-8-11(2-3-13(14)18)12-10-19-5-4-16-15(19)9-17-12/h2-5,8-10H,6-7H2,1H3. The number of rotatable bonds is 1. The summed E-state index contributed by atoms with van der Waals surface area (Å²) in [5.41, 5.74) is 3.94. The number of benzene rings is 1. The summed E-state index contributed by atoms with van der Waals surface area (Å²) in [6.45, 7) is 1.65. The molecular formula is C15H14N4O. The Balaban J connectivity index is 1.81. The lowest BCUT2D eigenvalue weighted by molar-refractivity contribution is 0.311. The van der Waals surface area contributed by atoms with Crippen LogP contribution in [0, 0.1) is 0 Å². The lowest BCUT2D eigenvalue weighted by Crippen LogP contribution is -2.28. The molecule has 1 aliphatic heterocycles. The van der Waals surface area contributed by atoms with Crippen LogP contribution in [-0.2, 0) is 0 Å². The van der Waals surface area contributed by atoms with Crippen LogP contribution in [0.25, 0.3) is 16.9 Å². The fourth-order valence-electron chi connectivity index (χ4n) is 2.49. The van der Waals surface area contributed by atoms with E-state index in [4.69, 9.17) is 4.74 Å². The van der Waals surface area contributed by atoms with E-state index in [0.717, 1.165) is 41.5 Å². The second-order valence-corrected chi connectivity index (χ2v) is 4.92. The molecule has 0 saturated carbocycles. The van der Waals surface area contributed by atoms with Crippen molar-refractivity contribution in [3.05, 3.63) is 43.0 Å². The van der Waals surface area contributed by atoms with Crippen molar-refractivity contribution < 1.29 is 4.74 Å². The first-order valence-corrected chi connectivity index (χ1v) is 6.58. The quantitative estimate of drug-likeness (QED) is 0.677. The molecule has 4 rings (SSSR count). The molecule has 0 spiro atoms. The lowest BCUT2D eigenvalue weighted by Gasteiger charge is -2.27. The van der Waals surface area contributed by atoms with Gasteiger partial charge in [-0.05, 0) is 12.1 Å². The monoisotopic (exact) mass is 266 g/mol. The molecule has 3 aromatic rings. The molecule has 1 aliphatic rings. The molecule has 0 radical (unpaired) electrons. The molecule has 100 valence electrons. The van der Waals surface area contributed by atoms with Crippen LogP contribution < -0.4 is 9.64 Å². The number of nitrogens with zero attached hydrogens (tertiary/aromatic N) is 4. The molecule has 5 heteroatoms. The number of ether oxygens (including phenoxy) is 1. The third-order valence-corrected chi connectivity index (χ3v) is 3.63. The van der Waals surface area contributed by atoms with Crippen LogP contribution in [0.2, 0.25) is 0 Å². The van der Waals surface area contributed by atoms with Crippen LogP contribution >= 0.6 is 0 Å². The van der Waals surface area contributed by atoms with Gasteiger partial charge < -0.3 is 14.0 Å². The van der Waals surface area contributed by atoms with Crippen molar-refractivity contribution in [2.24, 2.45) is 0 Å². The molecule has 0 unspecified atom stereocenters. The minimum atomic E-state index is 0.723. The molecule has 5 nitrogen and oxygen atoms in total. The van der Waals surface area contributed by atoms with Gasteiger partial charge in [-0.3, -0.25) is 4.98 Å². The minimum Gasteiger partial charge on any atom is -0.490 e. The van der Waals surface area contributed by atoms with Crippen molar-refractivity contribution in [3.8, 4) is 17.0 Å². The smallest absolute Gasteiger partial charge is 0.155 e. The van der Waals surface area contributed by atoms with Crippen LogP contribution in [0.3, 0.4) is 0 Å². The molecule has 0 fully saturated rings. The average Bonchev–Trinajstić information content (AvgIpc) is 2.94. The Morgan fingerprint density at radius 2 is 2.20 bits per heavy atom. The summed E-state index contributed by atoms with van der Waals surface area (Å²) >= 11 is 0. The van der Waals surface area contributed by atoms with Crippen molar-refractivity contribution in [1.82, 2.24) is 14.4 Å². The molecule has 0 amide bonds. The number of fused-ring (bicyclic) bond motifs is 2. The van der Waals surface area contributed by atoms with Crippen molar-refractivity contribution in [2.75, 3.05) is 25.1 Å². The van der Waals surface area contributed by atoms with Crippen LogP contribution in [-0.4, -0.2) is 34.6 Å². The highest BCUT2D eigenvalue weighted by atomic mass is 16.5. The molecular weight excluding hydrogens is 252 g/mol. The maximum absolute atomic E-state index is 5.74. The van der Waals surface area contributed by atoms with Gasteiger partial charge in [-0.2, -0.15) is 0 Å². The number of likely N-dealkylation sites (N-methyl/N-ethyl adjacent to an activating group) is 1. The Morgan fingerprint density at radius 1 is 1.25 bits per heavy atom. The minimum absolute atomic E-state index is 0.723. The molecule has 2 aromatic heterocycles. The summed E-state index contributed by atoms with van der Waals surface area (Å²) in [6.07, 6.45) is 7.45. The second kappa shape index (κ2) is 4.23. The molecule has 0 atom stereocenters. The molecule has 0 saturated heterocycles. The number of anilines is 1. The summed E-state index contributed by atoms with van der Waals surface area (Å²) in [6, 6.07) is 6.22. The normalized spacial score (nSPS) is 14.2. The van der Waals surface area contributed by atoms with Crippen LogP contribution in [0.4, 0.5) is 5.69 Å². The van der Waals surface area contributed by atoms with Crippen LogP contribution in [0.15, 0.2) is 43.0 Å². The molecule has 1 aromatic carbocycles. The van der Waals surface area contributed by atoms with E-state index in [2.05, 4.69) is 40.1 Å². The van der Waals surface area contributed by atoms with Crippen molar-refractivity contribution >= 4 is 11.3 Å². The molecule has 0 N–H and O–H groups in total. The Kier molecular flexibility index (Phi) is 2.39. The highest BCUT2D eigenvalue weighted by molar-refractivity contribution is 5.70. The van der Waals surface area contributed by atoms with E-state index in [1.807, 2.05) is 16.8 Å². The van der Waals surface area contributed by atoms with Gasteiger partial charge in [0.15, 0.2) is 5.65 Å². The van der Waals surface area contributed by atoms with Gasteiger partial charge in [0.1, 0.15) is 12.4 Å². The van der Waals surface area contributed by atoms with Gasteiger partial charge in [-0.1, -0.05) is 6.07 Å². The first kappa shape index (κ1) is 11.3. The summed E-state index contributed by atoms with van der Waals surface area (Å²) in [4.78, 5) is 10.9. The van der Waals surface area contributed by atoms with Crippen molar-refractivity contribution in [1.29, 1.82) is 0 Å². The first-order chi connectivity index (χ1) is 9.81.